The van der Waals surface area contributed by atoms with Gasteiger partial charge < -0.3 is 0 Å². The summed E-state index contributed by atoms with van der Waals surface area (Å²) in [5, 5.41) is 0. The molecule has 1 aliphatic heterocycles. The highest BCUT2D eigenvalue weighted by Gasteiger charge is 2.76. The second-order valence-electron chi connectivity index (χ2n) is 9.08. The molecule has 24 heavy (non-hydrogen) atoms. The molecular formula is C23H24N+. The predicted octanol–water partition coefficient (Wildman–Crippen LogP) is 4.37. The molecular weight excluding hydrogens is 290 g/mol. The molecule has 0 radical (unpaired) electrons. The molecule has 1 spiro atoms. The minimum Gasteiger partial charge on any atom is -0.192 e. The molecule has 2 heterocycles. The van der Waals surface area contributed by atoms with E-state index in [-0.39, 0.29) is 0 Å². The van der Waals surface area contributed by atoms with Crippen molar-refractivity contribution in [2.24, 2.45) is 23.7 Å². The molecule has 2 aromatic rings. The molecule has 0 bridgehead atoms. The fourth-order valence-corrected chi connectivity index (χ4v) is 8.41. The molecule has 7 unspecified atom stereocenters. The molecule has 7 rings (SSSR count). The van der Waals surface area contributed by atoms with Gasteiger partial charge >= 0.3 is 0 Å². The van der Waals surface area contributed by atoms with E-state index < -0.39 is 0 Å². The SMILES string of the molecule is c1ccc2c(c1)C1CCC3CC4CCC5c6cccc[n+]6C2(C31)C45. The molecule has 3 saturated carbocycles. The largest absolute Gasteiger partial charge is 0.201 e. The smallest absolute Gasteiger partial charge is 0.192 e. The van der Waals surface area contributed by atoms with Crippen LogP contribution < -0.4 is 4.57 Å². The van der Waals surface area contributed by atoms with Crippen molar-refractivity contribution in [3.05, 3.63) is 65.5 Å². The normalized spacial score (nSPS) is 45.7. The third-order valence-corrected chi connectivity index (χ3v) is 8.66. The highest BCUT2D eigenvalue weighted by atomic mass is 15.1. The Bertz CT molecular complexity index is 796. The van der Waals surface area contributed by atoms with Gasteiger partial charge in [-0.1, -0.05) is 30.3 Å². The molecule has 1 aromatic heterocycles. The maximum absolute atomic E-state index is 2.79. The van der Waals surface area contributed by atoms with Crippen LogP contribution in [-0.2, 0) is 5.54 Å². The molecule has 5 aliphatic rings. The van der Waals surface area contributed by atoms with Crippen LogP contribution in [0.3, 0.4) is 0 Å². The van der Waals surface area contributed by atoms with Crippen LogP contribution in [-0.4, -0.2) is 0 Å². The van der Waals surface area contributed by atoms with Gasteiger partial charge in [-0.15, -0.1) is 0 Å². The van der Waals surface area contributed by atoms with E-state index in [0.29, 0.717) is 5.54 Å². The summed E-state index contributed by atoms with van der Waals surface area (Å²) >= 11 is 0. The number of pyridine rings is 1. The molecule has 0 N–H and O–H groups in total. The molecule has 1 heteroatoms. The Labute approximate surface area is 143 Å². The minimum atomic E-state index is 0.295. The standard InChI is InChI=1S/C23H24N/c1-2-6-19-16(5-1)17-10-8-14-13-15-9-11-18-20-7-3-4-12-24(20)23(19,21(14)17)22(15)18/h1-7,12,14-15,17-18,21-22H,8-11,13H2/q+1. The minimum absolute atomic E-state index is 0.295. The summed E-state index contributed by atoms with van der Waals surface area (Å²) in [6, 6.07) is 16.6. The quantitative estimate of drug-likeness (QED) is 0.636. The van der Waals surface area contributed by atoms with Crippen molar-refractivity contribution >= 4 is 0 Å². The number of benzene rings is 1. The first kappa shape index (κ1) is 12.7. The van der Waals surface area contributed by atoms with E-state index in [1.807, 2.05) is 0 Å². The number of aromatic nitrogens is 1. The van der Waals surface area contributed by atoms with Crippen LogP contribution in [0.4, 0.5) is 0 Å². The average molecular weight is 314 g/mol. The van der Waals surface area contributed by atoms with E-state index in [0.717, 1.165) is 35.5 Å². The molecule has 0 saturated heterocycles. The van der Waals surface area contributed by atoms with Crippen LogP contribution in [0.5, 0.6) is 0 Å². The Morgan fingerprint density at radius 3 is 2.46 bits per heavy atom. The van der Waals surface area contributed by atoms with Crippen molar-refractivity contribution in [1.82, 2.24) is 0 Å². The Kier molecular flexibility index (Phi) is 2.09. The highest BCUT2D eigenvalue weighted by Crippen LogP contribution is 2.72. The van der Waals surface area contributed by atoms with E-state index in [4.69, 9.17) is 0 Å². The third-order valence-electron chi connectivity index (χ3n) is 8.66. The number of hydrogen-bond acceptors (Lipinski definition) is 0. The van der Waals surface area contributed by atoms with Crippen molar-refractivity contribution in [3.63, 3.8) is 0 Å². The molecule has 7 atom stereocenters. The summed E-state index contributed by atoms with van der Waals surface area (Å²) in [4.78, 5) is 0. The summed E-state index contributed by atoms with van der Waals surface area (Å²) in [6.07, 6.45) is 9.76. The van der Waals surface area contributed by atoms with Crippen molar-refractivity contribution < 1.29 is 4.57 Å². The van der Waals surface area contributed by atoms with Crippen LogP contribution in [0.15, 0.2) is 48.7 Å². The lowest BCUT2D eigenvalue weighted by Gasteiger charge is -2.44. The van der Waals surface area contributed by atoms with Crippen LogP contribution in [0.2, 0.25) is 0 Å². The topological polar surface area (TPSA) is 3.88 Å². The van der Waals surface area contributed by atoms with Crippen molar-refractivity contribution in [3.8, 4) is 0 Å². The first-order valence-corrected chi connectivity index (χ1v) is 10.0. The second kappa shape index (κ2) is 3.95. The molecule has 0 amide bonds. The summed E-state index contributed by atoms with van der Waals surface area (Å²) in [5.41, 5.74) is 5.36. The van der Waals surface area contributed by atoms with Gasteiger partial charge in [-0.2, -0.15) is 4.57 Å². The molecule has 3 fully saturated rings. The molecule has 1 aromatic carbocycles. The van der Waals surface area contributed by atoms with Gasteiger partial charge in [-0.3, -0.25) is 0 Å². The molecule has 120 valence electrons. The van der Waals surface area contributed by atoms with E-state index in [2.05, 4.69) is 53.2 Å². The van der Waals surface area contributed by atoms with Crippen LogP contribution in [0.25, 0.3) is 0 Å². The van der Waals surface area contributed by atoms with Gasteiger partial charge in [-0.05, 0) is 55.4 Å². The van der Waals surface area contributed by atoms with Gasteiger partial charge in [0.2, 0.25) is 5.54 Å². The average Bonchev–Trinajstić information content (AvgIpc) is 3.36. The third kappa shape index (κ3) is 1.13. The number of nitrogens with zero attached hydrogens (tertiary/aromatic N) is 1. The number of rotatable bonds is 0. The summed E-state index contributed by atoms with van der Waals surface area (Å²) in [7, 11) is 0. The maximum atomic E-state index is 2.79. The summed E-state index contributed by atoms with van der Waals surface area (Å²) in [5.74, 6) is 5.29. The summed E-state index contributed by atoms with van der Waals surface area (Å²) in [6.45, 7) is 0. The lowest BCUT2D eigenvalue weighted by molar-refractivity contribution is -0.763. The van der Waals surface area contributed by atoms with E-state index in [1.165, 1.54) is 32.1 Å². The Morgan fingerprint density at radius 2 is 1.54 bits per heavy atom. The lowest BCUT2D eigenvalue weighted by atomic mass is 9.58. The maximum Gasteiger partial charge on any atom is 0.201 e. The Hall–Kier alpha value is -1.63. The predicted molar refractivity (Wildman–Crippen MR) is 92.7 cm³/mol. The van der Waals surface area contributed by atoms with Gasteiger partial charge in [0.15, 0.2) is 11.9 Å². The van der Waals surface area contributed by atoms with Crippen molar-refractivity contribution in [2.45, 2.75) is 49.5 Å². The monoisotopic (exact) mass is 314 g/mol. The van der Waals surface area contributed by atoms with Gasteiger partial charge in [-0.25, -0.2) is 0 Å². The molecule has 4 aliphatic carbocycles. The van der Waals surface area contributed by atoms with E-state index >= 15 is 0 Å². The zero-order valence-corrected chi connectivity index (χ0v) is 14.1. The first-order valence-electron chi connectivity index (χ1n) is 10.0. The first-order chi connectivity index (χ1) is 11.9. The van der Waals surface area contributed by atoms with E-state index in [9.17, 15) is 0 Å². The Balaban J connectivity index is 1.64. The number of fused-ring (bicyclic) bond motifs is 4. The zero-order chi connectivity index (χ0) is 15.5. The zero-order valence-electron chi connectivity index (χ0n) is 14.1. The van der Waals surface area contributed by atoms with E-state index in [1.54, 1.807) is 16.8 Å². The highest BCUT2D eigenvalue weighted by molar-refractivity contribution is 5.47. The lowest BCUT2D eigenvalue weighted by Crippen LogP contribution is -2.64. The fraction of sp³-hybridized carbons (Fsp3) is 0.522. The summed E-state index contributed by atoms with van der Waals surface area (Å²) < 4.78 is 2.79. The van der Waals surface area contributed by atoms with Crippen LogP contribution in [0.1, 0.15) is 60.8 Å². The van der Waals surface area contributed by atoms with Crippen molar-refractivity contribution in [1.29, 1.82) is 0 Å². The fourth-order valence-electron chi connectivity index (χ4n) is 8.41. The second-order valence-corrected chi connectivity index (χ2v) is 9.08. The van der Waals surface area contributed by atoms with Crippen molar-refractivity contribution in [2.75, 3.05) is 0 Å². The number of hydrogen-bond donors (Lipinski definition) is 0. The van der Waals surface area contributed by atoms with Gasteiger partial charge in [0, 0.05) is 29.5 Å². The van der Waals surface area contributed by atoms with Gasteiger partial charge in [0.25, 0.3) is 0 Å². The Morgan fingerprint density at radius 1 is 0.792 bits per heavy atom. The van der Waals surface area contributed by atoms with Gasteiger partial charge in [0.1, 0.15) is 0 Å². The van der Waals surface area contributed by atoms with Crippen LogP contribution >= 0.6 is 0 Å². The van der Waals surface area contributed by atoms with Crippen LogP contribution in [0, 0.1) is 23.7 Å². The molecule has 1 nitrogen and oxygen atoms in total. The van der Waals surface area contributed by atoms with Gasteiger partial charge in [0.05, 0.1) is 5.92 Å².